The third-order valence-corrected chi connectivity index (χ3v) is 5.79. The molecule has 31 heavy (non-hydrogen) atoms. The van der Waals surface area contributed by atoms with Crippen LogP contribution in [0.5, 0.6) is 0 Å². The van der Waals surface area contributed by atoms with Crippen molar-refractivity contribution < 1.29 is 4.42 Å². The van der Waals surface area contributed by atoms with Gasteiger partial charge in [0.1, 0.15) is 11.9 Å². The van der Waals surface area contributed by atoms with E-state index in [1.807, 2.05) is 60.8 Å². The standard InChI is InChI=1S/C24H22ClN5O/c25-20-11-9-19(10-12-20)23-27-28-24(31-23)22(18-6-2-1-3-7-18)30-16-14-29(15-17-30)21-8-4-5-13-26-21/h1-13,22H,14-17H2. The van der Waals surface area contributed by atoms with E-state index in [0.717, 1.165) is 43.1 Å². The van der Waals surface area contributed by atoms with Crippen LogP contribution in [-0.4, -0.2) is 46.3 Å². The topological polar surface area (TPSA) is 58.3 Å². The number of nitrogens with zero attached hydrogens (tertiary/aromatic N) is 5. The Morgan fingerprint density at radius 1 is 0.806 bits per heavy atom. The summed E-state index contributed by atoms with van der Waals surface area (Å²) in [6, 6.07) is 23.7. The van der Waals surface area contributed by atoms with Crippen LogP contribution in [-0.2, 0) is 0 Å². The highest BCUT2D eigenvalue weighted by Gasteiger charge is 2.30. The predicted molar refractivity (Wildman–Crippen MR) is 121 cm³/mol. The number of piperazine rings is 1. The number of hydrogen-bond donors (Lipinski definition) is 0. The maximum atomic E-state index is 6.16. The van der Waals surface area contributed by atoms with Gasteiger partial charge in [-0.15, -0.1) is 10.2 Å². The predicted octanol–water partition coefficient (Wildman–Crippen LogP) is 4.70. The van der Waals surface area contributed by atoms with E-state index in [9.17, 15) is 0 Å². The fourth-order valence-corrected chi connectivity index (χ4v) is 4.08. The monoisotopic (exact) mass is 431 g/mol. The summed E-state index contributed by atoms with van der Waals surface area (Å²) in [5, 5.41) is 9.42. The molecule has 156 valence electrons. The van der Waals surface area contributed by atoms with Gasteiger partial charge in [-0.25, -0.2) is 4.98 Å². The molecule has 5 rings (SSSR count). The lowest BCUT2D eigenvalue weighted by atomic mass is 10.0. The largest absolute Gasteiger partial charge is 0.419 e. The number of benzene rings is 2. The minimum Gasteiger partial charge on any atom is -0.419 e. The Bertz CT molecular complexity index is 1110. The van der Waals surface area contributed by atoms with Crippen LogP contribution in [0.15, 0.2) is 83.4 Å². The minimum absolute atomic E-state index is 0.0966. The van der Waals surface area contributed by atoms with E-state index < -0.39 is 0 Å². The fraction of sp³-hybridized carbons (Fsp3) is 0.208. The van der Waals surface area contributed by atoms with Crippen molar-refractivity contribution in [2.75, 3.05) is 31.1 Å². The van der Waals surface area contributed by atoms with Gasteiger partial charge < -0.3 is 9.32 Å². The van der Waals surface area contributed by atoms with Crippen molar-refractivity contribution in [1.29, 1.82) is 0 Å². The quantitative estimate of drug-likeness (QED) is 0.456. The zero-order chi connectivity index (χ0) is 21.0. The molecule has 0 bridgehead atoms. The molecule has 0 amide bonds. The molecule has 1 fully saturated rings. The molecule has 6 nitrogen and oxygen atoms in total. The molecule has 1 unspecified atom stereocenters. The molecule has 7 heteroatoms. The van der Waals surface area contributed by atoms with Crippen LogP contribution in [0.2, 0.25) is 5.02 Å². The van der Waals surface area contributed by atoms with Crippen molar-refractivity contribution in [3.05, 3.63) is 95.5 Å². The van der Waals surface area contributed by atoms with Gasteiger partial charge in [-0.2, -0.15) is 0 Å². The number of aromatic nitrogens is 3. The molecule has 1 saturated heterocycles. The van der Waals surface area contributed by atoms with Crippen molar-refractivity contribution in [2.24, 2.45) is 0 Å². The first kappa shape index (κ1) is 19.7. The Morgan fingerprint density at radius 3 is 2.26 bits per heavy atom. The van der Waals surface area contributed by atoms with Gasteiger partial charge in [-0.3, -0.25) is 4.90 Å². The summed E-state index contributed by atoms with van der Waals surface area (Å²) in [4.78, 5) is 9.20. The molecule has 1 aliphatic rings. The molecule has 0 N–H and O–H groups in total. The van der Waals surface area contributed by atoms with Crippen molar-refractivity contribution in [3.63, 3.8) is 0 Å². The number of halogens is 1. The highest BCUT2D eigenvalue weighted by molar-refractivity contribution is 6.30. The second-order valence-electron chi connectivity index (χ2n) is 7.48. The van der Waals surface area contributed by atoms with E-state index >= 15 is 0 Å². The van der Waals surface area contributed by atoms with Crippen LogP contribution in [0.4, 0.5) is 5.82 Å². The van der Waals surface area contributed by atoms with Crippen LogP contribution in [0, 0.1) is 0 Å². The fourth-order valence-electron chi connectivity index (χ4n) is 3.95. The van der Waals surface area contributed by atoms with E-state index in [1.54, 1.807) is 0 Å². The van der Waals surface area contributed by atoms with Gasteiger partial charge in [0.15, 0.2) is 0 Å². The smallest absolute Gasteiger partial charge is 0.247 e. The highest BCUT2D eigenvalue weighted by atomic mass is 35.5. The first-order chi connectivity index (χ1) is 15.3. The van der Waals surface area contributed by atoms with Crippen molar-refractivity contribution in [1.82, 2.24) is 20.1 Å². The molecule has 2 aromatic carbocycles. The summed E-state index contributed by atoms with van der Waals surface area (Å²) in [6.45, 7) is 3.51. The SMILES string of the molecule is Clc1ccc(-c2nnc(C(c3ccccc3)N3CCN(c4ccccn4)CC3)o2)cc1. The Hall–Kier alpha value is -3.22. The Morgan fingerprint density at radius 2 is 1.55 bits per heavy atom. The summed E-state index contributed by atoms with van der Waals surface area (Å²) in [7, 11) is 0. The minimum atomic E-state index is -0.0966. The first-order valence-corrected chi connectivity index (χ1v) is 10.7. The maximum Gasteiger partial charge on any atom is 0.247 e. The normalized spacial score (nSPS) is 15.7. The average molecular weight is 432 g/mol. The molecule has 0 saturated carbocycles. The van der Waals surface area contributed by atoms with Gasteiger partial charge in [-0.05, 0) is 42.0 Å². The Labute approximate surface area is 186 Å². The van der Waals surface area contributed by atoms with Gasteiger partial charge in [0, 0.05) is 43.0 Å². The van der Waals surface area contributed by atoms with Crippen LogP contribution >= 0.6 is 11.6 Å². The third-order valence-electron chi connectivity index (χ3n) is 5.53. The lowest BCUT2D eigenvalue weighted by molar-refractivity contribution is 0.187. The number of hydrogen-bond acceptors (Lipinski definition) is 6. The molecule has 1 aliphatic heterocycles. The highest BCUT2D eigenvalue weighted by Crippen LogP contribution is 2.31. The second kappa shape index (κ2) is 8.88. The summed E-state index contributed by atoms with van der Waals surface area (Å²) in [5.41, 5.74) is 2.00. The molecular formula is C24H22ClN5O. The van der Waals surface area contributed by atoms with Crippen LogP contribution in [0.25, 0.3) is 11.5 Å². The molecule has 0 spiro atoms. The van der Waals surface area contributed by atoms with Gasteiger partial charge >= 0.3 is 0 Å². The zero-order valence-electron chi connectivity index (χ0n) is 16.9. The van der Waals surface area contributed by atoms with Crippen LogP contribution in [0.3, 0.4) is 0 Å². The second-order valence-corrected chi connectivity index (χ2v) is 7.91. The van der Waals surface area contributed by atoms with Gasteiger partial charge in [0.25, 0.3) is 0 Å². The molecule has 4 aromatic rings. The average Bonchev–Trinajstić information content (AvgIpc) is 3.31. The van der Waals surface area contributed by atoms with E-state index in [-0.39, 0.29) is 6.04 Å². The van der Waals surface area contributed by atoms with E-state index in [4.69, 9.17) is 16.0 Å². The summed E-state index contributed by atoms with van der Waals surface area (Å²) in [6.07, 6.45) is 1.84. The molecular weight excluding hydrogens is 410 g/mol. The van der Waals surface area contributed by atoms with Crippen LogP contribution < -0.4 is 4.90 Å². The van der Waals surface area contributed by atoms with Crippen molar-refractivity contribution >= 4 is 17.4 Å². The molecule has 0 aliphatic carbocycles. The molecule has 2 aromatic heterocycles. The Balaban J connectivity index is 1.41. The molecule has 1 atom stereocenters. The Kier molecular flexibility index (Phi) is 5.65. The van der Waals surface area contributed by atoms with E-state index in [2.05, 4.69) is 43.2 Å². The molecule has 0 radical (unpaired) electrons. The summed E-state index contributed by atoms with van der Waals surface area (Å²) >= 11 is 6.01. The van der Waals surface area contributed by atoms with Gasteiger partial charge in [0.05, 0.1) is 0 Å². The lowest BCUT2D eigenvalue weighted by Crippen LogP contribution is -2.48. The number of anilines is 1. The number of pyridine rings is 1. The van der Waals surface area contributed by atoms with E-state index in [0.29, 0.717) is 16.8 Å². The van der Waals surface area contributed by atoms with Crippen molar-refractivity contribution in [2.45, 2.75) is 6.04 Å². The first-order valence-electron chi connectivity index (χ1n) is 10.3. The zero-order valence-corrected chi connectivity index (χ0v) is 17.7. The van der Waals surface area contributed by atoms with Gasteiger partial charge in [0.2, 0.25) is 11.8 Å². The third kappa shape index (κ3) is 4.31. The lowest BCUT2D eigenvalue weighted by Gasteiger charge is -2.38. The summed E-state index contributed by atoms with van der Waals surface area (Å²) < 4.78 is 6.16. The van der Waals surface area contributed by atoms with Crippen molar-refractivity contribution in [3.8, 4) is 11.5 Å². The molecule has 3 heterocycles. The maximum absolute atomic E-state index is 6.16. The van der Waals surface area contributed by atoms with E-state index in [1.165, 1.54) is 0 Å². The summed E-state index contributed by atoms with van der Waals surface area (Å²) in [5.74, 6) is 2.11. The van der Waals surface area contributed by atoms with Gasteiger partial charge in [-0.1, -0.05) is 48.0 Å². The number of rotatable bonds is 5. The van der Waals surface area contributed by atoms with Crippen LogP contribution in [0.1, 0.15) is 17.5 Å².